The third kappa shape index (κ3) is 4.88. The first kappa shape index (κ1) is 24.4. The molecule has 7 nitrogen and oxygen atoms in total. The molecule has 34 heavy (non-hydrogen) atoms. The van der Waals surface area contributed by atoms with Crippen molar-refractivity contribution < 1.29 is 18.0 Å². The molecule has 1 aliphatic heterocycles. The molecule has 2 aliphatic rings. The predicted octanol–water partition coefficient (Wildman–Crippen LogP) is 3.24. The Hall–Kier alpha value is -2.71. The number of hydrogen-bond acceptors (Lipinski definition) is 4. The summed E-state index contributed by atoms with van der Waals surface area (Å²) in [7, 11) is -3.93. The van der Waals surface area contributed by atoms with Gasteiger partial charge in [0.2, 0.25) is 21.8 Å². The van der Waals surface area contributed by atoms with Crippen LogP contribution in [0.1, 0.15) is 50.2 Å². The Morgan fingerprint density at radius 2 is 1.68 bits per heavy atom. The zero-order chi connectivity index (χ0) is 24.3. The van der Waals surface area contributed by atoms with Crippen molar-refractivity contribution in [3.05, 3.63) is 65.7 Å². The second kappa shape index (κ2) is 9.88. The van der Waals surface area contributed by atoms with Crippen LogP contribution in [0.5, 0.6) is 0 Å². The van der Waals surface area contributed by atoms with Gasteiger partial charge in [-0.1, -0.05) is 61.7 Å². The first-order valence-electron chi connectivity index (χ1n) is 11.9. The second-order valence-electron chi connectivity index (χ2n) is 9.57. The van der Waals surface area contributed by atoms with Crippen LogP contribution in [0.3, 0.4) is 0 Å². The average Bonchev–Trinajstić information content (AvgIpc) is 2.83. The van der Waals surface area contributed by atoms with E-state index in [9.17, 15) is 18.0 Å². The Morgan fingerprint density at radius 1 is 1.03 bits per heavy atom. The number of sulfonamides is 1. The summed E-state index contributed by atoms with van der Waals surface area (Å²) in [6, 6.07) is 15.9. The average molecular weight is 484 g/mol. The third-order valence-corrected chi connectivity index (χ3v) is 8.90. The highest BCUT2D eigenvalue weighted by Gasteiger charge is 2.50. The maximum Gasteiger partial charge on any atom is 0.247 e. The first-order valence-corrected chi connectivity index (χ1v) is 13.4. The van der Waals surface area contributed by atoms with Crippen LogP contribution in [0.4, 0.5) is 0 Å². The summed E-state index contributed by atoms with van der Waals surface area (Å²) in [5.74, 6) is -0.676. The van der Waals surface area contributed by atoms with E-state index < -0.39 is 15.6 Å². The summed E-state index contributed by atoms with van der Waals surface area (Å²) >= 11 is 0. The predicted molar refractivity (Wildman–Crippen MR) is 130 cm³/mol. The van der Waals surface area contributed by atoms with Crippen molar-refractivity contribution in [3.63, 3.8) is 0 Å². The summed E-state index contributed by atoms with van der Waals surface area (Å²) in [6.45, 7) is 3.51. The maximum atomic E-state index is 13.7. The van der Waals surface area contributed by atoms with Gasteiger partial charge in [-0.3, -0.25) is 9.59 Å². The first-order chi connectivity index (χ1) is 16.2. The molecule has 1 saturated carbocycles. The highest BCUT2D eigenvalue weighted by molar-refractivity contribution is 7.89. The highest BCUT2D eigenvalue weighted by atomic mass is 32.2. The van der Waals surface area contributed by atoms with Crippen molar-refractivity contribution in [2.45, 2.75) is 69.0 Å². The molecular formula is C26H33N3O4S. The van der Waals surface area contributed by atoms with E-state index in [1.165, 1.54) is 12.1 Å². The number of amides is 2. The summed E-state index contributed by atoms with van der Waals surface area (Å²) in [5.41, 5.74) is 0.619. The minimum absolute atomic E-state index is 0.0506. The molecule has 0 spiro atoms. The van der Waals surface area contributed by atoms with Crippen molar-refractivity contribution in [2.24, 2.45) is 0 Å². The third-order valence-electron chi connectivity index (χ3n) is 7.09. The van der Waals surface area contributed by atoms with Gasteiger partial charge in [-0.25, -0.2) is 8.42 Å². The summed E-state index contributed by atoms with van der Waals surface area (Å²) in [4.78, 5) is 28.8. The maximum absolute atomic E-state index is 13.7. The van der Waals surface area contributed by atoms with Crippen molar-refractivity contribution in [1.82, 2.24) is 14.5 Å². The van der Waals surface area contributed by atoms with Gasteiger partial charge in [0, 0.05) is 19.1 Å². The van der Waals surface area contributed by atoms with Gasteiger partial charge in [-0.2, -0.15) is 4.31 Å². The number of piperazine rings is 1. The number of aryl methyl sites for hydroxylation is 1. The monoisotopic (exact) mass is 483 g/mol. The number of nitrogens with zero attached hydrogens (tertiary/aromatic N) is 2. The van der Waals surface area contributed by atoms with E-state index in [0.717, 1.165) is 47.5 Å². The van der Waals surface area contributed by atoms with Crippen molar-refractivity contribution >= 4 is 21.8 Å². The SMILES string of the molecule is Cc1ccccc1CN1C(=O)CN(S(=O)(=O)c2ccccc2)C[C@@]1(C)C(=O)NC1CCCCC1. The van der Waals surface area contributed by atoms with Crippen LogP contribution in [0, 0.1) is 6.92 Å². The summed E-state index contributed by atoms with van der Waals surface area (Å²) < 4.78 is 27.9. The van der Waals surface area contributed by atoms with Gasteiger partial charge in [0.1, 0.15) is 5.54 Å². The van der Waals surface area contributed by atoms with Crippen LogP contribution >= 0.6 is 0 Å². The molecule has 4 rings (SSSR count). The van der Waals surface area contributed by atoms with Crippen molar-refractivity contribution in [2.75, 3.05) is 13.1 Å². The lowest BCUT2D eigenvalue weighted by Gasteiger charge is -2.47. The Kier molecular flexibility index (Phi) is 7.09. The standard InChI is InChI=1S/C26H33N3O4S/c1-20-11-9-10-12-21(20)17-29-24(30)18-28(34(32,33)23-15-7-4-8-16-23)19-26(29,2)25(31)27-22-13-5-3-6-14-22/h4,7-12,15-16,22H,3,5-6,13-14,17-19H2,1-2H3,(H,27,31)/t26-/m0/s1. The van der Waals surface area contributed by atoms with Crippen LogP contribution in [0.25, 0.3) is 0 Å². The molecule has 1 N–H and O–H groups in total. The minimum Gasteiger partial charge on any atom is -0.351 e. The van der Waals surface area contributed by atoms with Gasteiger partial charge in [0.05, 0.1) is 11.4 Å². The smallest absolute Gasteiger partial charge is 0.247 e. The largest absolute Gasteiger partial charge is 0.351 e. The fourth-order valence-corrected chi connectivity index (χ4v) is 6.41. The number of rotatable bonds is 6. The van der Waals surface area contributed by atoms with Gasteiger partial charge in [0.25, 0.3) is 0 Å². The minimum atomic E-state index is -3.93. The fourth-order valence-electron chi connectivity index (χ4n) is 4.91. The van der Waals surface area contributed by atoms with Gasteiger partial charge in [-0.05, 0) is 49.9 Å². The van der Waals surface area contributed by atoms with E-state index >= 15 is 0 Å². The Balaban J connectivity index is 1.67. The zero-order valence-electron chi connectivity index (χ0n) is 19.9. The number of nitrogens with one attached hydrogen (secondary N) is 1. The van der Waals surface area contributed by atoms with E-state index in [0.29, 0.717) is 0 Å². The number of carbonyl (C=O) groups excluding carboxylic acids is 2. The van der Waals surface area contributed by atoms with Crippen molar-refractivity contribution in [1.29, 1.82) is 0 Å². The lowest BCUT2D eigenvalue weighted by atomic mass is 9.91. The second-order valence-corrected chi connectivity index (χ2v) is 11.5. The molecule has 2 amide bonds. The molecule has 0 unspecified atom stereocenters. The van der Waals surface area contributed by atoms with Crippen LogP contribution in [-0.4, -0.2) is 54.1 Å². The normalized spacial score (nSPS) is 22.5. The molecule has 8 heteroatoms. The van der Waals surface area contributed by atoms with E-state index in [1.807, 2.05) is 31.2 Å². The van der Waals surface area contributed by atoms with Gasteiger partial charge in [-0.15, -0.1) is 0 Å². The molecule has 1 aliphatic carbocycles. The van der Waals surface area contributed by atoms with Crippen LogP contribution in [0.2, 0.25) is 0 Å². The van der Waals surface area contributed by atoms with Crippen LogP contribution in [-0.2, 0) is 26.2 Å². The molecule has 0 radical (unpaired) electrons. The molecule has 1 atom stereocenters. The van der Waals surface area contributed by atoms with Crippen LogP contribution in [0.15, 0.2) is 59.5 Å². The lowest BCUT2D eigenvalue weighted by Crippen LogP contribution is -2.70. The zero-order valence-corrected chi connectivity index (χ0v) is 20.7. The van der Waals surface area contributed by atoms with Gasteiger partial charge < -0.3 is 10.2 Å². The molecule has 2 aromatic rings. The topological polar surface area (TPSA) is 86.8 Å². The Bertz CT molecular complexity index is 1150. The van der Waals surface area contributed by atoms with E-state index in [1.54, 1.807) is 30.0 Å². The molecular weight excluding hydrogens is 450 g/mol. The molecule has 1 saturated heterocycles. The van der Waals surface area contributed by atoms with E-state index in [2.05, 4.69) is 5.32 Å². The van der Waals surface area contributed by atoms with Crippen LogP contribution < -0.4 is 5.32 Å². The Morgan fingerprint density at radius 3 is 2.35 bits per heavy atom. The Labute approximate surface area is 202 Å². The van der Waals surface area contributed by atoms with Gasteiger partial charge in [0.15, 0.2) is 0 Å². The van der Waals surface area contributed by atoms with Gasteiger partial charge >= 0.3 is 0 Å². The molecule has 1 heterocycles. The van der Waals surface area contributed by atoms with Crippen molar-refractivity contribution in [3.8, 4) is 0 Å². The quantitative estimate of drug-likeness (QED) is 0.683. The number of hydrogen-bond donors (Lipinski definition) is 1. The summed E-state index contributed by atoms with van der Waals surface area (Å²) in [6.07, 6.45) is 5.08. The summed E-state index contributed by atoms with van der Waals surface area (Å²) in [5, 5.41) is 3.14. The number of benzene rings is 2. The highest BCUT2D eigenvalue weighted by Crippen LogP contribution is 2.30. The fraction of sp³-hybridized carbons (Fsp3) is 0.462. The van der Waals surface area contributed by atoms with E-state index in [4.69, 9.17) is 0 Å². The number of carbonyl (C=O) groups is 2. The molecule has 2 aromatic carbocycles. The molecule has 0 aromatic heterocycles. The van der Waals surface area contributed by atoms with E-state index in [-0.39, 0.29) is 42.4 Å². The molecule has 182 valence electrons. The molecule has 2 fully saturated rings. The lowest BCUT2D eigenvalue weighted by molar-refractivity contribution is -0.154. The molecule has 0 bridgehead atoms.